The number of rotatable bonds is 5. The summed E-state index contributed by atoms with van der Waals surface area (Å²) in [4.78, 5) is 14.6. The summed E-state index contributed by atoms with van der Waals surface area (Å²) in [5.74, 6) is 0.811. The Kier molecular flexibility index (Phi) is 4.57. The molecule has 2 saturated heterocycles. The fraction of sp³-hybridized carbons (Fsp3) is 0.929. The van der Waals surface area contributed by atoms with Crippen LogP contribution < -0.4 is 0 Å². The molecule has 17 heavy (non-hydrogen) atoms. The van der Waals surface area contributed by atoms with E-state index < -0.39 is 0 Å². The molecule has 2 atom stereocenters. The Labute approximate surface area is 105 Å². The molecule has 98 valence electrons. The molecule has 2 rings (SSSR count). The lowest BCUT2D eigenvalue weighted by molar-refractivity contribution is -0.131. The van der Waals surface area contributed by atoms with Crippen LogP contribution in [0.3, 0.4) is 0 Å². The number of hydrogen-bond acceptors (Lipinski definition) is 3. The van der Waals surface area contributed by atoms with Gasteiger partial charge >= 0.3 is 0 Å². The maximum atomic E-state index is 12.2. The van der Waals surface area contributed by atoms with Crippen molar-refractivity contribution in [2.24, 2.45) is 5.92 Å². The van der Waals surface area contributed by atoms with Gasteiger partial charge in [0, 0.05) is 24.4 Å². The third kappa shape index (κ3) is 3.08. The number of fused-ring (bicyclic) bond motifs is 2. The largest absolute Gasteiger partial charge is 0.378 e. The van der Waals surface area contributed by atoms with Crippen molar-refractivity contribution in [2.75, 3.05) is 20.3 Å². The van der Waals surface area contributed by atoms with Gasteiger partial charge in [-0.3, -0.25) is 9.69 Å². The highest BCUT2D eigenvalue weighted by Crippen LogP contribution is 2.31. The van der Waals surface area contributed by atoms with Gasteiger partial charge in [-0.2, -0.15) is 0 Å². The molecule has 0 aliphatic carbocycles. The molecule has 0 spiro atoms. The van der Waals surface area contributed by atoms with Crippen LogP contribution in [0.1, 0.15) is 45.4 Å². The number of nitrogens with zero attached hydrogens (tertiary/aromatic N) is 1. The molecule has 2 unspecified atom stereocenters. The van der Waals surface area contributed by atoms with Crippen LogP contribution in [0, 0.1) is 5.92 Å². The van der Waals surface area contributed by atoms with E-state index in [2.05, 4.69) is 18.9 Å². The number of morpholine rings is 1. The summed E-state index contributed by atoms with van der Waals surface area (Å²) in [5, 5.41) is 0. The second-order valence-corrected chi connectivity index (χ2v) is 5.60. The second kappa shape index (κ2) is 5.96. The first kappa shape index (κ1) is 13.0. The summed E-state index contributed by atoms with van der Waals surface area (Å²) in [6.07, 6.45) is 6.28. The molecule has 2 heterocycles. The van der Waals surface area contributed by atoms with Crippen molar-refractivity contribution < 1.29 is 9.53 Å². The lowest BCUT2D eigenvalue weighted by atomic mass is 9.81. The average Bonchev–Trinajstić information content (AvgIpc) is 2.28. The Balaban J connectivity index is 1.84. The van der Waals surface area contributed by atoms with E-state index in [1.807, 2.05) is 0 Å². The van der Waals surface area contributed by atoms with Crippen molar-refractivity contribution in [1.29, 1.82) is 0 Å². The summed E-state index contributed by atoms with van der Waals surface area (Å²) >= 11 is 0. The SMILES string of the molecule is CCCCCC(=O)C1CC2COCC(C1)N2C. The van der Waals surface area contributed by atoms with E-state index in [4.69, 9.17) is 4.74 Å². The minimum atomic E-state index is 0.307. The topological polar surface area (TPSA) is 29.5 Å². The molecular weight excluding hydrogens is 214 g/mol. The van der Waals surface area contributed by atoms with Gasteiger partial charge in [-0.1, -0.05) is 19.8 Å². The minimum absolute atomic E-state index is 0.307. The Morgan fingerprint density at radius 3 is 2.47 bits per heavy atom. The second-order valence-electron chi connectivity index (χ2n) is 5.60. The van der Waals surface area contributed by atoms with Crippen LogP contribution in [0.15, 0.2) is 0 Å². The van der Waals surface area contributed by atoms with E-state index in [0.29, 0.717) is 23.8 Å². The van der Waals surface area contributed by atoms with Gasteiger partial charge in [0.15, 0.2) is 0 Å². The number of piperidine rings is 1. The number of ether oxygens (including phenoxy) is 1. The molecule has 0 amide bonds. The van der Waals surface area contributed by atoms with Crippen LogP contribution >= 0.6 is 0 Å². The molecule has 2 aliphatic heterocycles. The summed E-state index contributed by atoms with van der Waals surface area (Å²) in [5.41, 5.74) is 0. The number of carbonyl (C=O) groups is 1. The monoisotopic (exact) mass is 239 g/mol. The Bertz CT molecular complexity index is 253. The van der Waals surface area contributed by atoms with E-state index in [-0.39, 0.29) is 0 Å². The van der Waals surface area contributed by atoms with Crippen molar-refractivity contribution in [1.82, 2.24) is 4.90 Å². The first-order valence-electron chi connectivity index (χ1n) is 7.04. The van der Waals surface area contributed by atoms with Crippen molar-refractivity contribution in [2.45, 2.75) is 57.5 Å². The zero-order valence-corrected chi connectivity index (χ0v) is 11.2. The lowest BCUT2D eigenvalue weighted by Gasteiger charge is -2.46. The molecule has 3 nitrogen and oxygen atoms in total. The third-order valence-corrected chi connectivity index (χ3v) is 4.37. The van der Waals surface area contributed by atoms with Crippen molar-refractivity contribution in [3.63, 3.8) is 0 Å². The smallest absolute Gasteiger partial charge is 0.136 e. The Morgan fingerprint density at radius 2 is 1.88 bits per heavy atom. The van der Waals surface area contributed by atoms with Gasteiger partial charge in [0.1, 0.15) is 5.78 Å². The number of carbonyl (C=O) groups excluding carboxylic acids is 1. The number of hydrogen-bond donors (Lipinski definition) is 0. The van der Waals surface area contributed by atoms with Gasteiger partial charge in [0.2, 0.25) is 0 Å². The maximum absolute atomic E-state index is 12.2. The van der Waals surface area contributed by atoms with Gasteiger partial charge in [0.25, 0.3) is 0 Å². The predicted octanol–water partition coefficient (Wildman–Crippen LogP) is 2.25. The van der Waals surface area contributed by atoms with Crippen molar-refractivity contribution in [3.8, 4) is 0 Å². The normalized spacial score (nSPS) is 33.6. The van der Waals surface area contributed by atoms with Crippen LogP contribution in [0.4, 0.5) is 0 Å². The molecule has 3 heteroatoms. The van der Waals surface area contributed by atoms with Gasteiger partial charge in [-0.05, 0) is 26.3 Å². The molecule has 0 saturated carbocycles. The maximum Gasteiger partial charge on any atom is 0.136 e. The van der Waals surface area contributed by atoms with Crippen LogP contribution in [0.5, 0.6) is 0 Å². The van der Waals surface area contributed by atoms with Crippen LogP contribution in [-0.2, 0) is 9.53 Å². The molecule has 2 aliphatic rings. The predicted molar refractivity (Wildman–Crippen MR) is 68.0 cm³/mol. The first-order valence-corrected chi connectivity index (χ1v) is 7.04. The van der Waals surface area contributed by atoms with E-state index >= 15 is 0 Å². The van der Waals surface area contributed by atoms with Gasteiger partial charge in [-0.25, -0.2) is 0 Å². The average molecular weight is 239 g/mol. The highest BCUT2D eigenvalue weighted by Gasteiger charge is 2.38. The van der Waals surface area contributed by atoms with Gasteiger partial charge < -0.3 is 4.74 Å². The number of likely N-dealkylation sites (N-methyl/N-ethyl adjacent to an activating group) is 1. The molecule has 0 radical (unpaired) electrons. The molecule has 2 fully saturated rings. The van der Waals surface area contributed by atoms with E-state index in [1.54, 1.807) is 0 Å². The fourth-order valence-corrected chi connectivity index (χ4v) is 3.11. The van der Waals surface area contributed by atoms with Crippen LogP contribution in [0.25, 0.3) is 0 Å². The van der Waals surface area contributed by atoms with E-state index in [0.717, 1.165) is 38.9 Å². The number of unbranched alkanes of at least 4 members (excludes halogenated alkanes) is 2. The molecule has 0 N–H and O–H groups in total. The van der Waals surface area contributed by atoms with Crippen LogP contribution in [0.2, 0.25) is 0 Å². The minimum Gasteiger partial charge on any atom is -0.378 e. The summed E-state index contributed by atoms with van der Waals surface area (Å²) in [6, 6.07) is 0.949. The number of ketones is 1. The zero-order chi connectivity index (χ0) is 12.3. The summed E-state index contributed by atoms with van der Waals surface area (Å²) < 4.78 is 5.58. The van der Waals surface area contributed by atoms with Gasteiger partial charge in [0.05, 0.1) is 13.2 Å². The molecule has 0 aromatic carbocycles. The standard InChI is InChI=1S/C14H25NO2/c1-3-4-5-6-14(16)11-7-12-9-17-10-13(8-11)15(12)2/h11-13H,3-10H2,1-2H3. The van der Waals surface area contributed by atoms with E-state index in [1.165, 1.54) is 12.8 Å². The molecule has 0 aromatic heterocycles. The number of Topliss-reactive ketones (excluding diaryl/α,β-unsaturated/α-hetero) is 1. The first-order chi connectivity index (χ1) is 8.22. The highest BCUT2D eigenvalue weighted by molar-refractivity contribution is 5.81. The van der Waals surface area contributed by atoms with Crippen molar-refractivity contribution >= 4 is 5.78 Å². The summed E-state index contributed by atoms with van der Waals surface area (Å²) in [6.45, 7) is 3.80. The highest BCUT2D eigenvalue weighted by atomic mass is 16.5. The zero-order valence-electron chi connectivity index (χ0n) is 11.2. The quantitative estimate of drug-likeness (QED) is 0.689. The molecule has 2 bridgehead atoms. The van der Waals surface area contributed by atoms with Crippen molar-refractivity contribution in [3.05, 3.63) is 0 Å². The lowest BCUT2D eigenvalue weighted by Crippen LogP contribution is -2.55. The third-order valence-electron chi connectivity index (χ3n) is 4.37. The fourth-order valence-electron chi connectivity index (χ4n) is 3.11. The van der Waals surface area contributed by atoms with E-state index in [9.17, 15) is 4.79 Å². The molecular formula is C14H25NO2. The Hall–Kier alpha value is -0.410. The molecule has 0 aromatic rings. The Morgan fingerprint density at radius 1 is 1.24 bits per heavy atom. The summed E-state index contributed by atoms with van der Waals surface area (Å²) in [7, 11) is 2.18. The van der Waals surface area contributed by atoms with Crippen LogP contribution in [-0.4, -0.2) is 43.0 Å². The van der Waals surface area contributed by atoms with Gasteiger partial charge in [-0.15, -0.1) is 0 Å².